The quantitative estimate of drug-likeness (QED) is 0.240. The van der Waals surface area contributed by atoms with Gasteiger partial charge in [-0.05, 0) is 55.3 Å². The molecule has 1 amide bonds. The molecule has 42 heavy (non-hydrogen) atoms. The van der Waals surface area contributed by atoms with Crippen LogP contribution in [0.15, 0.2) is 53.6 Å². The van der Waals surface area contributed by atoms with Crippen LogP contribution in [0.3, 0.4) is 0 Å². The lowest BCUT2D eigenvalue weighted by atomic mass is 9.93. The monoisotopic (exact) mass is 594 g/mol. The number of fused-ring (bicyclic) bond motifs is 1. The number of rotatable bonds is 7. The van der Waals surface area contributed by atoms with Gasteiger partial charge in [0, 0.05) is 49.6 Å². The van der Waals surface area contributed by atoms with Gasteiger partial charge in [-0.2, -0.15) is 5.10 Å². The number of benzene rings is 2. The summed E-state index contributed by atoms with van der Waals surface area (Å²) in [6.07, 6.45) is -0.0141. The maximum Gasteiger partial charge on any atom is 0.260 e. The number of aliphatic hydroxyl groups is 1. The number of pyridine rings is 1. The van der Waals surface area contributed by atoms with E-state index in [1.165, 1.54) is 30.8 Å². The Morgan fingerprint density at radius 1 is 1.17 bits per heavy atom. The summed E-state index contributed by atoms with van der Waals surface area (Å²) in [7, 11) is -0.983. The van der Waals surface area contributed by atoms with Crippen molar-refractivity contribution in [1.29, 1.82) is 0 Å². The van der Waals surface area contributed by atoms with Gasteiger partial charge in [-0.25, -0.2) is 26.9 Å². The first kappa shape index (κ1) is 29.3. The second-order valence-corrected chi connectivity index (χ2v) is 11.9. The van der Waals surface area contributed by atoms with E-state index in [0.717, 1.165) is 6.07 Å². The smallest absolute Gasteiger partial charge is 0.260 e. The van der Waals surface area contributed by atoms with Crippen LogP contribution in [0, 0.1) is 23.5 Å². The van der Waals surface area contributed by atoms with Gasteiger partial charge in [0.1, 0.15) is 17.3 Å². The van der Waals surface area contributed by atoms with Crippen molar-refractivity contribution in [2.24, 2.45) is 7.05 Å². The summed E-state index contributed by atoms with van der Waals surface area (Å²) in [6, 6.07) is 10.7. The van der Waals surface area contributed by atoms with Crippen LogP contribution in [0.5, 0.6) is 0 Å². The molecule has 0 spiro atoms. The molecule has 218 valence electrons. The van der Waals surface area contributed by atoms with Gasteiger partial charge in [0.05, 0.1) is 17.3 Å². The van der Waals surface area contributed by atoms with Crippen LogP contribution in [0.4, 0.5) is 8.78 Å². The largest absolute Gasteiger partial charge is 0.375 e. The number of halogens is 2. The average molecular weight is 595 g/mol. The van der Waals surface area contributed by atoms with Crippen molar-refractivity contribution in [2.45, 2.75) is 30.0 Å². The van der Waals surface area contributed by atoms with E-state index in [0.29, 0.717) is 46.5 Å². The lowest BCUT2D eigenvalue weighted by Crippen LogP contribution is -2.58. The van der Waals surface area contributed by atoms with Crippen LogP contribution in [0.25, 0.3) is 22.0 Å². The van der Waals surface area contributed by atoms with Gasteiger partial charge < -0.3 is 15.7 Å². The number of aromatic nitrogens is 3. The predicted octanol–water partition coefficient (Wildman–Crippen LogP) is 1.93. The van der Waals surface area contributed by atoms with Crippen LogP contribution in [-0.2, 0) is 28.3 Å². The summed E-state index contributed by atoms with van der Waals surface area (Å²) in [5.74, 6) is 3.77. The molecule has 0 saturated carbocycles. The van der Waals surface area contributed by atoms with Crippen LogP contribution < -0.4 is 15.4 Å². The molecule has 0 bridgehead atoms. The van der Waals surface area contributed by atoms with Gasteiger partial charge in [0.2, 0.25) is 5.91 Å². The third-order valence-corrected chi connectivity index (χ3v) is 8.25. The van der Waals surface area contributed by atoms with E-state index in [1.807, 2.05) is 0 Å². The predicted molar refractivity (Wildman–Crippen MR) is 152 cm³/mol. The number of nitrogens with one attached hydrogen (secondary N) is 3. The third-order valence-electron chi connectivity index (χ3n) is 6.90. The SMILES string of the molecule is CNS(=O)(=O)c1nn(C)c2c(-c3ccc(C#CC4(O)CNC4)nc3[C@H](Cc3cc(F)cc(F)c3)NC(C)=O)cccc12. The number of amides is 1. The highest BCUT2D eigenvalue weighted by Crippen LogP contribution is 2.36. The molecule has 1 saturated heterocycles. The normalized spacial score (nSPS) is 15.0. The first-order valence-corrected chi connectivity index (χ1v) is 14.5. The molecule has 2 aromatic carbocycles. The van der Waals surface area contributed by atoms with E-state index in [1.54, 1.807) is 37.4 Å². The second-order valence-electron chi connectivity index (χ2n) is 10.1. The standard InChI is InChI=1S/C29H28F2N6O4S/c1-17(38)34-25(13-18-11-19(30)14-20(31)12-18)26-22(8-7-21(35-26)9-10-29(39)15-33-16-29)23-5-4-6-24-27(23)37(3)36-28(24)42(40,41)32-2/h4-8,11-12,14,25,32-33,39H,13,15-16H2,1-3H3,(H,34,38)/t25-/m0/s1. The summed E-state index contributed by atoms with van der Waals surface area (Å²) < 4.78 is 57.3. The first-order valence-electron chi connectivity index (χ1n) is 13.0. The van der Waals surface area contributed by atoms with E-state index in [9.17, 15) is 27.1 Å². The minimum absolute atomic E-state index is 0.0141. The fourth-order valence-electron chi connectivity index (χ4n) is 4.91. The lowest BCUT2D eigenvalue weighted by molar-refractivity contribution is -0.119. The number of nitrogens with zero attached hydrogens (tertiary/aromatic N) is 3. The molecule has 1 aliphatic heterocycles. The maximum absolute atomic E-state index is 14.1. The van der Waals surface area contributed by atoms with E-state index in [2.05, 4.69) is 32.3 Å². The minimum Gasteiger partial charge on any atom is -0.375 e. The van der Waals surface area contributed by atoms with Gasteiger partial charge in [-0.1, -0.05) is 18.1 Å². The molecule has 10 nitrogen and oxygen atoms in total. The van der Waals surface area contributed by atoms with E-state index in [4.69, 9.17) is 4.98 Å². The maximum atomic E-state index is 14.1. The van der Waals surface area contributed by atoms with Crippen molar-refractivity contribution in [2.75, 3.05) is 20.1 Å². The van der Waals surface area contributed by atoms with Crippen LogP contribution in [0.2, 0.25) is 0 Å². The first-order chi connectivity index (χ1) is 19.9. The Balaban J connectivity index is 1.73. The van der Waals surface area contributed by atoms with Gasteiger partial charge in [-0.3, -0.25) is 9.48 Å². The summed E-state index contributed by atoms with van der Waals surface area (Å²) >= 11 is 0. The highest BCUT2D eigenvalue weighted by molar-refractivity contribution is 7.89. The number of β-amino-alcohol motifs (C(OH)–C–C–N with tert-alkyl or cyclic N) is 1. The molecular weight excluding hydrogens is 566 g/mol. The lowest BCUT2D eigenvalue weighted by Gasteiger charge is -2.32. The number of aryl methyl sites for hydroxylation is 1. The molecule has 1 fully saturated rings. The second kappa shape index (κ2) is 11.2. The Morgan fingerprint density at radius 3 is 2.50 bits per heavy atom. The highest BCUT2D eigenvalue weighted by atomic mass is 32.2. The number of sulfonamides is 1. The Labute approximate surface area is 241 Å². The average Bonchev–Trinajstić information content (AvgIpc) is 3.27. The topological polar surface area (TPSA) is 138 Å². The van der Waals surface area contributed by atoms with Crippen molar-refractivity contribution in [1.82, 2.24) is 30.1 Å². The van der Waals surface area contributed by atoms with Gasteiger partial charge >= 0.3 is 0 Å². The number of hydrogen-bond acceptors (Lipinski definition) is 7. The van der Waals surface area contributed by atoms with Crippen LogP contribution in [-0.4, -0.2) is 59.9 Å². The van der Waals surface area contributed by atoms with Gasteiger partial charge in [-0.15, -0.1) is 0 Å². The van der Waals surface area contributed by atoms with Crippen LogP contribution in [0.1, 0.15) is 29.9 Å². The molecule has 2 aromatic heterocycles. The van der Waals surface area contributed by atoms with Crippen molar-refractivity contribution >= 4 is 26.8 Å². The van der Waals surface area contributed by atoms with E-state index in [-0.39, 0.29) is 17.0 Å². The summed E-state index contributed by atoms with van der Waals surface area (Å²) in [5.41, 5.74) is 1.28. The molecule has 0 radical (unpaired) electrons. The van der Waals surface area contributed by atoms with Crippen LogP contribution >= 0.6 is 0 Å². The van der Waals surface area contributed by atoms with Crippen molar-refractivity contribution < 1.29 is 27.1 Å². The Kier molecular flexibility index (Phi) is 7.82. The fraction of sp³-hybridized carbons (Fsp3) is 0.276. The molecular formula is C29H28F2N6O4S. The Morgan fingerprint density at radius 2 is 1.88 bits per heavy atom. The third kappa shape index (κ3) is 5.88. The summed E-state index contributed by atoms with van der Waals surface area (Å²) in [5, 5.41) is 20.7. The van der Waals surface area contributed by atoms with Gasteiger partial charge in [0.25, 0.3) is 10.0 Å². The summed E-state index contributed by atoms with van der Waals surface area (Å²) in [4.78, 5) is 17.1. The molecule has 1 aliphatic rings. The number of carbonyl (C=O) groups excluding carboxylic acids is 1. The zero-order valence-corrected chi connectivity index (χ0v) is 23.8. The number of para-hydroxylation sites is 1. The van der Waals surface area contributed by atoms with Crippen molar-refractivity contribution in [3.05, 3.63) is 77.1 Å². The van der Waals surface area contributed by atoms with Gasteiger partial charge in [0.15, 0.2) is 10.6 Å². The molecule has 13 heteroatoms. The zero-order chi connectivity index (χ0) is 30.2. The molecule has 0 unspecified atom stereocenters. The summed E-state index contributed by atoms with van der Waals surface area (Å²) in [6.45, 7) is 1.94. The number of carbonyl (C=O) groups is 1. The molecule has 3 heterocycles. The fourth-order valence-corrected chi connectivity index (χ4v) is 5.79. The van der Waals surface area contributed by atoms with Crippen molar-refractivity contribution in [3.63, 3.8) is 0 Å². The number of hydrogen-bond donors (Lipinski definition) is 4. The molecule has 1 atom stereocenters. The molecule has 4 N–H and O–H groups in total. The highest BCUT2D eigenvalue weighted by Gasteiger charge is 2.32. The Bertz CT molecular complexity index is 1860. The molecule has 0 aliphatic carbocycles. The van der Waals surface area contributed by atoms with E-state index < -0.39 is 39.2 Å². The zero-order valence-electron chi connectivity index (χ0n) is 23.0. The van der Waals surface area contributed by atoms with E-state index >= 15 is 0 Å². The molecule has 5 rings (SSSR count). The minimum atomic E-state index is -3.89. The van der Waals surface area contributed by atoms with Crippen molar-refractivity contribution in [3.8, 4) is 23.0 Å². The molecule has 4 aromatic rings. The Hall–Kier alpha value is -4.22.